The van der Waals surface area contributed by atoms with Crippen molar-refractivity contribution in [1.82, 2.24) is 14.6 Å². The van der Waals surface area contributed by atoms with E-state index in [-0.39, 0.29) is 23.9 Å². The van der Waals surface area contributed by atoms with Gasteiger partial charge in [0.2, 0.25) is 0 Å². The van der Waals surface area contributed by atoms with Gasteiger partial charge in [-0.25, -0.2) is 13.9 Å². The Hall–Kier alpha value is -3.46. The molecular formula is C26H24F4N4O. The number of hydrogen-bond donors (Lipinski definition) is 1. The summed E-state index contributed by atoms with van der Waals surface area (Å²) in [5.74, 6) is -0.891. The smallest absolute Gasteiger partial charge is 0.394 e. The molecule has 0 amide bonds. The summed E-state index contributed by atoms with van der Waals surface area (Å²) in [6.45, 7) is 4.32. The Morgan fingerprint density at radius 3 is 2.51 bits per heavy atom. The molecule has 1 aliphatic heterocycles. The van der Waals surface area contributed by atoms with Gasteiger partial charge < -0.3 is 10.0 Å². The van der Waals surface area contributed by atoms with Gasteiger partial charge in [0.25, 0.3) is 0 Å². The highest BCUT2D eigenvalue weighted by Gasteiger charge is 2.36. The molecule has 0 aliphatic carbocycles. The van der Waals surface area contributed by atoms with Crippen LogP contribution < -0.4 is 4.90 Å². The first kappa shape index (κ1) is 23.3. The Labute approximate surface area is 199 Å². The van der Waals surface area contributed by atoms with Crippen LogP contribution in [0.15, 0.2) is 48.5 Å². The second-order valence-corrected chi connectivity index (χ2v) is 8.90. The van der Waals surface area contributed by atoms with Crippen LogP contribution in [-0.2, 0) is 6.18 Å². The number of halogens is 4. The molecular weight excluding hydrogens is 460 g/mol. The summed E-state index contributed by atoms with van der Waals surface area (Å²) in [6.07, 6.45) is -3.23. The largest absolute Gasteiger partial charge is 0.419 e. The number of aliphatic hydroxyl groups is 1. The van der Waals surface area contributed by atoms with Crippen LogP contribution >= 0.6 is 0 Å². The highest BCUT2D eigenvalue weighted by atomic mass is 19.4. The van der Waals surface area contributed by atoms with Gasteiger partial charge in [-0.2, -0.15) is 18.3 Å². The molecule has 3 heterocycles. The van der Waals surface area contributed by atoms with Crippen molar-refractivity contribution in [3.8, 4) is 22.4 Å². The molecule has 5 rings (SSSR count). The first-order valence-corrected chi connectivity index (χ1v) is 11.4. The van der Waals surface area contributed by atoms with Crippen LogP contribution in [0.25, 0.3) is 28.0 Å². The zero-order chi connectivity index (χ0) is 24.9. The molecule has 2 aromatic carbocycles. The predicted molar refractivity (Wildman–Crippen MR) is 126 cm³/mol. The van der Waals surface area contributed by atoms with Crippen LogP contribution in [0.3, 0.4) is 0 Å². The minimum absolute atomic E-state index is 0.0801. The molecule has 1 aliphatic rings. The quantitative estimate of drug-likeness (QED) is 0.372. The third-order valence-electron chi connectivity index (χ3n) is 6.55. The second kappa shape index (κ2) is 8.64. The van der Waals surface area contributed by atoms with Crippen molar-refractivity contribution in [3.63, 3.8) is 0 Å². The number of anilines is 1. The fourth-order valence-electron chi connectivity index (χ4n) is 4.78. The molecule has 9 heteroatoms. The number of nitrogens with zero attached hydrogens (tertiary/aromatic N) is 4. The van der Waals surface area contributed by atoms with Gasteiger partial charge in [-0.1, -0.05) is 35.9 Å². The monoisotopic (exact) mass is 484 g/mol. The number of benzene rings is 2. The maximum absolute atomic E-state index is 15.3. The average Bonchev–Trinajstić information content (AvgIpc) is 3.42. The maximum atomic E-state index is 15.3. The molecule has 1 fully saturated rings. The topological polar surface area (TPSA) is 53.7 Å². The minimum atomic E-state index is -4.83. The summed E-state index contributed by atoms with van der Waals surface area (Å²) in [5.41, 5.74) is 2.30. The van der Waals surface area contributed by atoms with Crippen LogP contribution in [-0.4, -0.2) is 38.9 Å². The van der Waals surface area contributed by atoms with Gasteiger partial charge in [0.05, 0.1) is 29.6 Å². The number of aryl methyl sites for hydroxylation is 2. The van der Waals surface area contributed by atoms with Gasteiger partial charge in [0.15, 0.2) is 5.65 Å². The lowest BCUT2D eigenvalue weighted by Gasteiger charge is -2.25. The highest BCUT2D eigenvalue weighted by Crippen LogP contribution is 2.38. The van der Waals surface area contributed by atoms with Gasteiger partial charge in [-0.05, 0) is 44.4 Å². The Bertz CT molecular complexity index is 1400. The zero-order valence-corrected chi connectivity index (χ0v) is 19.3. The molecule has 0 spiro atoms. The molecule has 1 atom stereocenters. The number of rotatable bonds is 4. The molecule has 0 bridgehead atoms. The van der Waals surface area contributed by atoms with Gasteiger partial charge in [0.1, 0.15) is 11.6 Å². The number of alkyl halides is 3. The number of aliphatic hydroxyl groups excluding tert-OH is 1. The zero-order valence-electron chi connectivity index (χ0n) is 19.3. The van der Waals surface area contributed by atoms with Gasteiger partial charge in [-0.15, -0.1) is 0 Å². The summed E-state index contributed by atoms with van der Waals surface area (Å²) < 4.78 is 57.2. The van der Waals surface area contributed by atoms with E-state index in [0.717, 1.165) is 35.6 Å². The van der Waals surface area contributed by atoms with Crippen molar-refractivity contribution < 1.29 is 22.7 Å². The Morgan fingerprint density at radius 1 is 1.09 bits per heavy atom. The summed E-state index contributed by atoms with van der Waals surface area (Å²) in [4.78, 5) is 6.76. The summed E-state index contributed by atoms with van der Waals surface area (Å²) in [7, 11) is 0. The van der Waals surface area contributed by atoms with Crippen LogP contribution in [0.2, 0.25) is 0 Å². The second-order valence-electron chi connectivity index (χ2n) is 8.90. The molecule has 0 radical (unpaired) electrons. The molecule has 4 aromatic rings. The van der Waals surface area contributed by atoms with Gasteiger partial charge in [0, 0.05) is 23.7 Å². The molecule has 5 nitrogen and oxygen atoms in total. The molecule has 1 N–H and O–H groups in total. The first-order chi connectivity index (χ1) is 16.7. The van der Waals surface area contributed by atoms with Crippen molar-refractivity contribution in [2.24, 2.45) is 0 Å². The van der Waals surface area contributed by atoms with Crippen LogP contribution in [0.5, 0.6) is 0 Å². The van der Waals surface area contributed by atoms with E-state index in [0.29, 0.717) is 23.7 Å². The van der Waals surface area contributed by atoms with Crippen molar-refractivity contribution in [1.29, 1.82) is 0 Å². The SMILES string of the molecule is Cc1ccc(-c2c(C)nn3c(-c4cccc(C(F)(F)F)c4F)cc(N4CCCC4CO)nc23)cc1. The van der Waals surface area contributed by atoms with E-state index < -0.39 is 17.6 Å². The third kappa shape index (κ3) is 4.03. The summed E-state index contributed by atoms with van der Waals surface area (Å²) >= 11 is 0. The van der Waals surface area contributed by atoms with Crippen molar-refractivity contribution >= 4 is 11.5 Å². The molecule has 1 saturated heterocycles. The van der Waals surface area contributed by atoms with Gasteiger partial charge >= 0.3 is 6.18 Å². The Balaban J connectivity index is 1.81. The van der Waals surface area contributed by atoms with Crippen LogP contribution in [0, 0.1) is 19.7 Å². The lowest BCUT2D eigenvalue weighted by molar-refractivity contribution is -0.139. The predicted octanol–water partition coefficient (Wildman–Crippen LogP) is 5.80. The minimum Gasteiger partial charge on any atom is -0.394 e. The standard InChI is InChI=1S/C26H24F4N4O/c1-15-8-10-17(11-9-15)23-16(2)32-34-21(19-6-3-7-20(24(19)27)26(28,29)30)13-22(31-25(23)34)33-12-4-5-18(33)14-35/h3,6-11,13,18,35H,4-5,12,14H2,1-2H3. The number of aromatic nitrogens is 3. The lowest BCUT2D eigenvalue weighted by Crippen LogP contribution is -2.33. The average molecular weight is 484 g/mol. The van der Waals surface area contributed by atoms with E-state index in [1.54, 1.807) is 13.0 Å². The maximum Gasteiger partial charge on any atom is 0.419 e. The fraction of sp³-hybridized carbons (Fsp3) is 0.308. The molecule has 35 heavy (non-hydrogen) atoms. The lowest BCUT2D eigenvalue weighted by atomic mass is 10.0. The van der Waals surface area contributed by atoms with E-state index in [9.17, 15) is 18.3 Å². The number of fused-ring (bicyclic) bond motifs is 1. The molecule has 0 saturated carbocycles. The normalized spacial score (nSPS) is 16.4. The van der Waals surface area contributed by atoms with Crippen LogP contribution in [0.1, 0.15) is 29.7 Å². The third-order valence-corrected chi connectivity index (χ3v) is 6.55. The summed E-state index contributed by atoms with van der Waals surface area (Å²) in [6, 6.07) is 12.4. The number of hydrogen-bond acceptors (Lipinski definition) is 4. The van der Waals surface area contributed by atoms with Crippen molar-refractivity contribution in [2.45, 2.75) is 38.9 Å². The van der Waals surface area contributed by atoms with E-state index >= 15 is 4.39 Å². The highest BCUT2D eigenvalue weighted by molar-refractivity contribution is 5.83. The van der Waals surface area contributed by atoms with E-state index in [1.165, 1.54) is 16.6 Å². The first-order valence-electron chi connectivity index (χ1n) is 11.4. The Morgan fingerprint density at radius 2 is 1.83 bits per heavy atom. The van der Waals surface area contributed by atoms with E-state index in [2.05, 4.69) is 5.10 Å². The van der Waals surface area contributed by atoms with Crippen molar-refractivity contribution in [2.75, 3.05) is 18.1 Å². The van der Waals surface area contributed by atoms with E-state index in [4.69, 9.17) is 4.98 Å². The van der Waals surface area contributed by atoms with Crippen molar-refractivity contribution in [3.05, 3.63) is 71.2 Å². The molecule has 182 valence electrons. The van der Waals surface area contributed by atoms with Gasteiger partial charge in [-0.3, -0.25) is 0 Å². The molecule has 1 unspecified atom stereocenters. The fourth-order valence-corrected chi connectivity index (χ4v) is 4.78. The summed E-state index contributed by atoms with van der Waals surface area (Å²) in [5, 5.41) is 14.4. The Kier molecular flexibility index (Phi) is 5.75. The molecule has 2 aromatic heterocycles. The van der Waals surface area contributed by atoms with E-state index in [1.807, 2.05) is 36.1 Å². The van der Waals surface area contributed by atoms with Crippen LogP contribution in [0.4, 0.5) is 23.4 Å².